The number of pyridine rings is 2. The van der Waals surface area contributed by atoms with Crippen LogP contribution in [0.4, 0.5) is 0 Å². The Balaban J connectivity index is 1.41. The predicted octanol–water partition coefficient (Wildman–Crippen LogP) is 6.87. The van der Waals surface area contributed by atoms with Crippen molar-refractivity contribution in [2.24, 2.45) is 0 Å². The number of fused-ring (bicyclic) bond motifs is 12. The van der Waals surface area contributed by atoms with Crippen LogP contribution in [-0.2, 0) is 5.54 Å². The van der Waals surface area contributed by atoms with Crippen molar-refractivity contribution in [3.8, 4) is 22.8 Å². The largest absolute Gasteiger partial charge is 0.349 e. The van der Waals surface area contributed by atoms with Gasteiger partial charge in [0.15, 0.2) is 29.0 Å². The van der Waals surface area contributed by atoms with Gasteiger partial charge < -0.3 is 0 Å². The van der Waals surface area contributed by atoms with E-state index in [0.717, 1.165) is 53.5 Å². The van der Waals surface area contributed by atoms with E-state index < -0.39 is 0 Å². The molecule has 0 radical (unpaired) electrons. The van der Waals surface area contributed by atoms with E-state index in [2.05, 4.69) is 101 Å². The molecule has 0 N–H and O–H groups in total. The molecular formula is C35H31N7S+2. The monoisotopic (exact) mass is 581 g/mol. The summed E-state index contributed by atoms with van der Waals surface area (Å²) in [6, 6.07) is 23.9. The zero-order valence-electron chi connectivity index (χ0n) is 24.4. The van der Waals surface area contributed by atoms with Crippen LogP contribution in [0.2, 0.25) is 0 Å². The van der Waals surface area contributed by atoms with Crippen LogP contribution in [0, 0.1) is 6.92 Å². The van der Waals surface area contributed by atoms with Crippen LogP contribution in [0.15, 0.2) is 85.3 Å². The van der Waals surface area contributed by atoms with E-state index in [0.29, 0.717) is 0 Å². The summed E-state index contributed by atoms with van der Waals surface area (Å²) >= 11 is 1.86. The molecule has 0 aliphatic carbocycles. The van der Waals surface area contributed by atoms with Gasteiger partial charge in [0.05, 0.1) is 6.20 Å². The van der Waals surface area contributed by atoms with Gasteiger partial charge in [0.25, 0.3) is 5.69 Å². The molecule has 0 saturated heterocycles. The highest BCUT2D eigenvalue weighted by molar-refractivity contribution is 7.25. The van der Waals surface area contributed by atoms with Gasteiger partial charge >= 0.3 is 5.65 Å². The first-order valence-electron chi connectivity index (χ1n) is 15.2. The number of benzene rings is 2. The molecule has 7 aromatic rings. The lowest BCUT2D eigenvalue weighted by Crippen LogP contribution is -2.57. The fourth-order valence-electron chi connectivity index (χ4n) is 7.90. The second-order valence-corrected chi connectivity index (χ2v) is 13.0. The first-order chi connectivity index (χ1) is 21.1. The summed E-state index contributed by atoms with van der Waals surface area (Å²) in [5.74, 6) is 1.71. The SMILES string of the molecule is CCC1(CC)CC(C2c3ccc4sc5ccccc5c4c3-c3cnc4cccnc4[n+]32)n2nc(C)nc2-c2cccc[n+]21. The minimum Gasteiger partial charge on any atom is -0.244 e. The quantitative estimate of drug-likeness (QED) is 0.214. The van der Waals surface area contributed by atoms with Crippen LogP contribution in [0.25, 0.3) is 54.1 Å². The van der Waals surface area contributed by atoms with Crippen LogP contribution >= 0.6 is 11.3 Å². The van der Waals surface area contributed by atoms with Gasteiger partial charge in [-0.2, -0.15) is 9.67 Å². The topological polar surface area (TPSA) is 64.2 Å². The summed E-state index contributed by atoms with van der Waals surface area (Å²) in [6.07, 6.45) is 9.12. The number of aryl methyl sites for hydroxylation is 1. The van der Waals surface area contributed by atoms with Crippen molar-refractivity contribution in [2.45, 2.75) is 57.7 Å². The zero-order valence-corrected chi connectivity index (χ0v) is 25.2. The van der Waals surface area contributed by atoms with E-state index in [9.17, 15) is 0 Å². The molecule has 2 aliphatic heterocycles. The Bertz CT molecular complexity index is 2240. The van der Waals surface area contributed by atoms with E-state index in [1.54, 1.807) is 0 Å². The standard InChI is InChI=1S/C35H31N7S/c1-4-35(5-2)19-26(42-34(38-21(3)39-42)25-13-8-9-18-40(25)35)32-23-15-16-29-31(22-11-6-7-14-28(22)43-29)30(23)27-20-37-24-12-10-17-36-33(24)41(27)32/h6-18,20,26,32H,4-5,19H2,1-3H3/q+2. The normalized spacial score (nSPS) is 18.4. The molecule has 0 saturated carbocycles. The maximum Gasteiger partial charge on any atom is 0.349 e. The minimum atomic E-state index is -0.101. The average Bonchev–Trinajstić information content (AvgIpc) is 3.71. The third-order valence-electron chi connectivity index (χ3n) is 9.93. The molecule has 0 amide bonds. The van der Waals surface area contributed by atoms with Crippen LogP contribution in [0.3, 0.4) is 0 Å². The van der Waals surface area contributed by atoms with Gasteiger partial charge in [-0.05, 0) is 42.2 Å². The van der Waals surface area contributed by atoms with Crippen LogP contribution in [0.5, 0.6) is 0 Å². The summed E-state index contributed by atoms with van der Waals surface area (Å²) in [6.45, 7) is 6.65. The number of hydrogen-bond acceptors (Lipinski definition) is 5. The summed E-state index contributed by atoms with van der Waals surface area (Å²) in [4.78, 5) is 15.0. The van der Waals surface area contributed by atoms with Crippen molar-refractivity contribution >= 4 is 42.7 Å². The van der Waals surface area contributed by atoms with E-state index in [1.807, 2.05) is 30.5 Å². The Kier molecular flexibility index (Phi) is 5.21. The number of nitrogens with zero attached hydrogens (tertiary/aromatic N) is 7. The fraction of sp³-hybridized carbons (Fsp3) is 0.257. The molecular weight excluding hydrogens is 551 g/mol. The van der Waals surface area contributed by atoms with Crippen molar-refractivity contribution in [2.75, 3.05) is 0 Å². The first kappa shape index (κ1) is 25.0. The number of rotatable bonds is 3. The molecule has 7 heterocycles. The van der Waals surface area contributed by atoms with E-state index in [4.69, 9.17) is 20.1 Å². The molecule has 7 nitrogen and oxygen atoms in total. The molecule has 2 atom stereocenters. The van der Waals surface area contributed by atoms with E-state index in [-0.39, 0.29) is 17.6 Å². The Hall–Kier alpha value is -4.56. The second-order valence-electron chi connectivity index (χ2n) is 11.9. The van der Waals surface area contributed by atoms with Gasteiger partial charge in [-0.3, -0.25) is 0 Å². The minimum absolute atomic E-state index is 0.00374. The lowest BCUT2D eigenvalue weighted by Gasteiger charge is -2.31. The van der Waals surface area contributed by atoms with Gasteiger partial charge in [-0.15, -0.1) is 11.3 Å². The van der Waals surface area contributed by atoms with Crippen molar-refractivity contribution in [1.29, 1.82) is 0 Å². The van der Waals surface area contributed by atoms with E-state index in [1.165, 1.54) is 31.3 Å². The van der Waals surface area contributed by atoms with Gasteiger partial charge in [-0.1, -0.05) is 38.1 Å². The molecule has 9 rings (SSSR count). The Morgan fingerprint density at radius 3 is 2.67 bits per heavy atom. The molecule has 0 spiro atoms. The smallest absolute Gasteiger partial charge is 0.244 e. The zero-order chi connectivity index (χ0) is 28.9. The molecule has 210 valence electrons. The second kappa shape index (κ2) is 8.97. The molecule has 0 bridgehead atoms. The van der Waals surface area contributed by atoms with Crippen molar-refractivity contribution < 1.29 is 9.13 Å². The van der Waals surface area contributed by atoms with Crippen LogP contribution < -0.4 is 9.13 Å². The molecule has 43 heavy (non-hydrogen) atoms. The third-order valence-corrected chi connectivity index (χ3v) is 11.1. The first-order valence-corrected chi connectivity index (χ1v) is 16.0. The molecule has 8 heteroatoms. The summed E-state index contributed by atoms with van der Waals surface area (Å²) in [7, 11) is 0. The molecule has 2 unspecified atom stereocenters. The van der Waals surface area contributed by atoms with Gasteiger partial charge in [0, 0.05) is 62.7 Å². The van der Waals surface area contributed by atoms with E-state index >= 15 is 0 Å². The summed E-state index contributed by atoms with van der Waals surface area (Å²) in [5.41, 5.74) is 6.51. The van der Waals surface area contributed by atoms with Gasteiger partial charge in [0.1, 0.15) is 18.1 Å². The molecule has 0 fully saturated rings. The van der Waals surface area contributed by atoms with Crippen LogP contribution in [0.1, 0.15) is 56.6 Å². The van der Waals surface area contributed by atoms with Gasteiger partial charge in [0.2, 0.25) is 5.82 Å². The molecule has 2 aliphatic rings. The Morgan fingerprint density at radius 1 is 0.930 bits per heavy atom. The average molecular weight is 582 g/mol. The van der Waals surface area contributed by atoms with Crippen molar-refractivity contribution in [1.82, 2.24) is 24.7 Å². The Labute approximate surface area is 253 Å². The van der Waals surface area contributed by atoms with Gasteiger partial charge in [-0.25, -0.2) is 19.2 Å². The fourth-order valence-corrected chi connectivity index (χ4v) is 9.01. The number of thiophene rings is 1. The molecule has 2 aromatic carbocycles. The number of aromatic nitrogens is 7. The maximum absolute atomic E-state index is 5.14. The maximum atomic E-state index is 5.14. The van der Waals surface area contributed by atoms with Crippen molar-refractivity contribution in [3.63, 3.8) is 0 Å². The highest BCUT2D eigenvalue weighted by Crippen LogP contribution is 2.50. The summed E-state index contributed by atoms with van der Waals surface area (Å²) < 4.78 is 9.77. The lowest BCUT2D eigenvalue weighted by molar-refractivity contribution is -0.759. The summed E-state index contributed by atoms with van der Waals surface area (Å²) in [5, 5.41) is 7.75. The predicted molar refractivity (Wildman–Crippen MR) is 169 cm³/mol. The van der Waals surface area contributed by atoms with Crippen LogP contribution in [-0.4, -0.2) is 24.7 Å². The Morgan fingerprint density at radius 2 is 1.79 bits per heavy atom. The molecule has 5 aromatic heterocycles. The highest BCUT2D eigenvalue weighted by Gasteiger charge is 2.52. The number of hydrogen-bond donors (Lipinski definition) is 0. The lowest BCUT2D eigenvalue weighted by atomic mass is 9.81. The highest BCUT2D eigenvalue weighted by atomic mass is 32.1. The third kappa shape index (κ3) is 3.30. The van der Waals surface area contributed by atoms with Crippen molar-refractivity contribution in [3.05, 3.63) is 96.7 Å².